The smallest absolute Gasteiger partial charge is 0.126 e. The first-order valence-corrected chi connectivity index (χ1v) is 5.65. The summed E-state index contributed by atoms with van der Waals surface area (Å²) < 4.78 is 10.6. The lowest BCUT2D eigenvalue weighted by Crippen LogP contribution is -1.94. The van der Waals surface area contributed by atoms with E-state index in [4.69, 9.17) is 20.8 Å². The van der Waals surface area contributed by atoms with Crippen LogP contribution in [0.5, 0.6) is 5.75 Å². The van der Waals surface area contributed by atoms with Gasteiger partial charge in [-0.15, -0.1) is 11.6 Å². The number of ether oxygens (including phenoxy) is 1. The number of furan rings is 1. The molecule has 0 radical (unpaired) electrons. The fourth-order valence-corrected chi connectivity index (χ4v) is 1.77. The Bertz CT molecular complexity index is 420. The van der Waals surface area contributed by atoms with E-state index in [9.17, 15) is 0 Å². The van der Waals surface area contributed by atoms with E-state index < -0.39 is 0 Å². The first-order chi connectivity index (χ1) is 7.81. The molecule has 0 amide bonds. The van der Waals surface area contributed by atoms with Gasteiger partial charge in [-0.25, -0.2) is 0 Å². The summed E-state index contributed by atoms with van der Waals surface area (Å²) in [5.74, 6) is 1.61. The van der Waals surface area contributed by atoms with E-state index >= 15 is 0 Å². The Hall–Kier alpha value is -1.41. The summed E-state index contributed by atoms with van der Waals surface area (Å²) in [6.07, 6.45) is 1.62. The van der Waals surface area contributed by atoms with Gasteiger partial charge in [0.15, 0.2) is 0 Å². The molecule has 0 saturated heterocycles. The van der Waals surface area contributed by atoms with E-state index in [2.05, 4.69) is 0 Å². The molecule has 0 aliphatic heterocycles. The first kappa shape index (κ1) is 11.1. The molecule has 2 aromatic rings. The number of alkyl halides is 1. The molecule has 0 bridgehead atoms. The van der Waals surface area contributed by atoms with Crippen LogP contribution < -0.4 is 4.74 Å². The summed E-state index contributed by atoms with van der Waals surface area (Å²) in [6.45, 7) is 2.63. The zero-order chi connectivity index (χ0) is 11.4. The fraction of sp³-hybridized carbons (Fsp3) is 0.231. The minimum Gasteiger partial charge on any atom is -0.494 e. The van der Waals surface area contributed by atoms with Crippen LogP contribution in [0.2, 0.25) is 0 Å². The van der Waals surface area contributed by atoms with Crippen molar-refractivity contribution in [3.8, 4) is 5.75 Å². The maximum Gasteiger partial charge on any atom is 0.126 e. The van der Waals surface area contributed by atoms with E-state index in [1.165, 1.54) is 0 Å². The molecule has 1 heterocycles. The van der Waals surface area contributed by atoms with Gasteiger partial charge in [0.05, 0.1) is 12.9 Å². The summed E-state index contributed by atoms with van der Waals surface area (Å²) in [5.41, 5.74) is 1.00. The molecule has 1 aromatic heterocycles. The standard InChI is InChI=1S/C13H13ClO2/c1-2-15-11-7-5-10(6-8-11)13(14)12-4-3-9-16-12/h3-9,13H,2H2,1H3. The molecule has 1 aromatic carbocycles. The number of benzene rings is 1. The summed E-state index contributed by atoms with van der Waals surface area (Å²) in [7, 11) is 0. The molecule has 0 saturated carbocycles. The molecule has 2 rings (SSSR count). The van der Waals surface area contributed by atoms with Crippen molar-refractivity contribution in [3.63, 3.8) is 0 Å². The molecule has 0 aliphatic rings. The maximum atomic E-state index is 6.27. The minimum atomic E-state index is -0.245. The van der Waals surface area contributed by atoms with Crippen molar-refractivity contribution in [3.05, 3.63) is 54.0 Å². The zero-order valence-corrected chi connectivity index (χ0v) is 9.78. The lowest BCUT2D eigenvalue weighted by molar-refractivity contribution is 0.340. The quantitative estimate of drug-likeness (QED) is 0.749. The van der Waals surface area contributed by atoms with Crippen LogP contribution in [-0.2, 0) is 0 Å². The summed E-state index contributed by atoms with van der Waals surface area (Å²) in [6, 6.07) is 11.4. The molecule has 0 aliphatic carbocycles. The number of rotatable bonds is 4. The van der Waals surface area contributed by atoms with Crippen molar-refractivity contribution in [1.29, 1.82) is 0 Å². The molecular formula is C13H13ClO2. The van der Waals surface area contributed by atoms with Gasteiger partial charge < -0.3 is 9.15 Å². The van der Waals surface area contributed by atoms with Crippen molar-refractivity contribution in [1.82, 2.24) is 0 Å². The molecular weight excluding hydrogens is 224 g/mol. The van der Waals surface area contributed by atoms with E-state index in [1.807, 2.05) is 43.3 Å². The average molecular weight is 237 g/mol. The normalized spacial score (nSPS) is 12.4. The van der Waals surface area contributed by atoms with E-state index in [0.717, 1.165) is 17.1 Å². The van der Waals surface area contributed by atoms with Gasteiger partial charge in [-0.2, -0.15) is 0 Å². The third-order valence-corrected chi connectivity index (χ3v) is 2.74. The van der Waals surface area contributed by atoms with Gasteiger partial charge in [-0.3, -0.25) is 0 Å². The number of halogens is 1. The Morgan fingerprint density at radius 1 is 1.25 bits per heavy atom. The zero-order valence-electron chi connectivity index (χ0n) is 9.02. The molecule has 84 valence electrons. The van der Waals surface area contributed by atoms with Crippen LogP contribution in [0.4, 0.5) is 0 Å². The minimum absolute atomic E-state index is 0.245. The van der Waals surface area contributed by atoms with E-state index in [-0.39, 0.29) is 5.38 Å². The second-order valence-corrected chi connectivity index (χ2v) is 3.82. The van der Waals surface area contributed by atoms with Crippen LogP contribution in [0.25, 0.3) is 0 Å². The van der Waals surface area contributed by atoms with Gasteiger partial charge in [0.2, 0.25) is 0 Å². The lowest BCUT2D eigenvalue weighted by atomic mass is 10.1. The molecule has 0 fully saturated rings. The van der Waals surface area contributed by atoms with Gasteiger partial charge in [0.1, 0.15) is 16.9 Å². The van der Waals surface area contributed by atoms with E-state index in [1.54, 1.807) is 6.26 Å². The van der Waals surface area contributed by atoms with Crippen LogP contribution in [0.15, 0.2) is 47.1 Å². The van der Waals surface area contributed by atoms with Gasteiger partial charge in [0, 0.05) is 0 Å². The van der Waals surface area contributed by atoms with Crippen LogP contribution in [-0.4, -0.2) is 6.61 Å². The first-order valence-electron chi connectivity index (χ1n) is 5.21. The highest BCUT2D eigenvalue weighted by Gasteiger charge is 2.12. The Balaban J connectivity index is 2.15. The molecule has 1 atom stereocenters. The van der Waals surface area contributed by atoms with Gasteiger partial charge in [0.25, 0.3) is 0 Å². The van der Waals surface area contributed by atoms with Gasteiger partial charge >= 0.3 is 0 Å². The number of hydrogen-bond acceptors (Lipinski definition) is 2. The highest BCUT2D eigenvalue weighted by molar-refractivity contribution is 6.22. The van der Waals surface area contributed by atoms with Crippen molar-refractivity contribution in [2.75, 3.05) is 6.61 Å². The monoisotopic (exact) mass is 236 g/mol. The SMILES string of the molecule is CCOc1ccc(C(Cl)c2ccco2)cc1. The Labute approximate surface area is 99.8 Å². The highest BCUT2D eigenvalue weighted by Crippen LogP contribution is 2.29. The van der Waals surface area contributed by atoms with Crippen LogP contribution >= 0.6 is 11.6 Å². The Kier molecular flexibility index (Phi) is 3.52. The van der Waals surface area contributed by atoms with Gasteiger partial charge in [-0.1, -0.05) is 12.1 Å². The average Bonchev–Trinajstić information content (AvgIpc) is 2.83. The number of hydrogen-bond donors (Lipinski definition) is 0. The maximum absolute atomic E-state index is 6.27. The predicted octanol–water partition coefficient (Wildman–Crippen LogP) is 4.01. The summed E-state index contributed by atoms with van der Waals surface area (Å²) in [4.78, 5) is 0. The fourth-order valence-electron chi connectivity index (χ4n) is 1.50. The second-order valence-electron chi connectivity index (χ2n) is 3.38. The predicted molar refractivity (Wildman–Crippen MR) is 64.0 cm³/mol. The molecule has 3 heteroatoms. The summed E-state index contributed by atoms with van der Waals surface area (Å²) in [5, 5.41) is -0.245. The van der Waals surface area contributed by atoms with Crippen LogP contribution in [0, 0.1) is 0 Å². The molecule has 0 spiro atoms. The Morgan fingerprint density at radius 3 is 2.56 bits per heavy atom. The molecule has 16 heavy (non-hydrogen) atoms. The van der Waals surface area contributed by atoms with Gasteiger partial charge in [-0.05, 0) is 36.8 Å². The van der Waals surface area contributed by atoms with Crippen molar-refractivity contribution in [2.24, 2.45) is 0 Å². The summed E-state index contributed by atoms with van der Waals surface area (Å²) >= 11 is 6.27. The third-order valence-electron chi connectivity index (χ3n) is 2.28. The molecule has 0 N–H and O–H groups in total. The lowest BCUT2D eigenvalue weighted by Gasteiger charge is -2.08. The van der Waals surface area contributed by atoms with E-state index in [0.29, 0.717) is 6.61 Å². The topological polar surface area (TPSA) is 22.4 Å². The van der Waals surface area contributed by atoms with Crippen molar-refractivity contribution >= 4 is 11.6 Å². The van der Waals surface area contributed by atoms with Crippen molar-refractivity contribution < 1.29 is 9.15 Å². The van der Waals surface area contributed by atoms with Crippen molar-refractivity contribution in [2.45, 2.75) is 12.3 Å². The highest BCUT2D eigenvalue weighted by atomic mass is 35.5. The third kappa shape index (κ3) is 2.39. The second kappa shape index (κ2) is 5.08. The van der Waals surface area contributed by atoms with Crippen LogP contribution in [0.1, 0.15) is 23.6 Å². The molecule has 2 nitrogen and oxygen atoms in total. The Morgan fingerprint density at radius 2 is 2.00 bits per heavy atom. The molecule has 1 unspecified atom stereocenters. The largest absolute Gasteiger partial charge is 0.494 e. The van der Waals surface area contributed by atoms with Crippen LogP contribution in [0.3, 0.4) is 0 Å².